The van der Waals surface area contributed by atoms with Gasteiger partial charge in [-0.1, -0.05) is 0 Å². The van der Waals surface area contributed by atoms with Crippen LogP contribution in [0.1, 0.15) is 53.1 Å². The van der Waals surface area contributed by atoms with Gasteiger partial charge in [-0.15, -0.1) is 0 Å². The van der Waals surface area contributed by atoms with Crippen LogP contribution in [0.15, 0.2) is 22.9 Å². The van der Waals surface area contributed by atoms with Crippen LogP contribution in [-0.4, -0.2) is 30.3 Å². The van der Waals surface area contributed by atoms with Crippen LogP contribution in [0.5, 0.6) is 0 Å². The second-order valence-electron chi connectivity index (χ2n) is 6.57. The molecule has 0 aliphatic heterocycles. The summed E-state index contributed by atoms with van der Waals surface area (Å²) in [6.45, 7) is 2.70. The average molecular weight is 457 g/mol. The van der Waals surface area contributed by atoms with Crippen LogP contribution in [0, 0.1) is 0 Å². The number of rotatable bonds is 5. The lowest BCUT2D eigenvalue weighted by Crippen LogP contribution is -2.25. The molecule has 1 aliphatic carbocycles. The zero-order chi connectivity index (χ0) is 20.1. The first kappa shape index (κ1) is 18.9. The molecule has 3 aromatic rings. The number of hydrogen-bond donors (Lipinski definition) is 1. The molecule has 0 bridgehead atoms. The zero-order valence-corrected chi connectivity index (χ0v) is 16.4. The third kappa shape index (κ3) is 3.38. The molecule has 0 radical (unpaired) electrons. The van der Waals surface area contributed by atoms with Crippen molar-refractivity contribution in [3.8, 4) is 0 Å². The van der Waals surface area contributed by atoms with Gasteiger partial charge in [0.25, 0.3) is 5.91 Å². The normalized spacial score (nSPS) is 14.6. The Balaban J connectivity index is 1.67. The minimum absolute atomic E-state index is 0.00619. The number of fused-ring (bicyclic) bond motifs is 1. The van der Waals surface area contributed by atoms with E-state index in [4.69, 9.17) is 0 Å². The lowest BCUT2D eigenvalue weighted by molar-refractivity contribution is -0.142. The van der Waals surface area contributed by atoms with E-state index in [9.17, 15) is 18.0 Å². The van der Waals surface area contributed by atoms with E-state index in [1.54, 1.807) is 10.9 Å². The van der Waals surface area contributed by atoms with Crippen molar-refractivity contribution in [2.75, 3.05) is 0 Å². The summed E-state index contributed by atoms with van der Waals surface area (Å²) >= 11 is 3.37. The summed E-state index contributed by atoms with van der Waals surface area (Å²) in [7, 11) is 0. The molecule has 0 spiro atoms. The predicted octanol–water partition coefficient (Wildman–Crippen LogP) is 3.53. The van der Waals surface area contributed by atoms with Gasteiger partial charge in [-0.25, -0.2) is 9.50 Å². The first-order valence-electron chi connectivity index (χ1n) is 8.73. The molecule has 0 saturated heterocycles. The Hall–Kier alpha value is -2.43. The summed E-state index contributed by atoms with van der Waals surface area (Å²) in [6, 6.07) is 1.02. The van der Waals surface area contributed by atoms with Gasteiger partial charge in [0.15, 0.2) is 5.65 Å². The van der Waals surface area contributed by atoms with Gasteiger partial charge >= 0.3 is 6.18 Å². The van der Waals surface area contributed by atoms with Crippen molar-refractivity contribution in [2.24, 2.45) is 0 Å². The van der Waals surface area contributed by atoms with Gasteiger partial charge in [0.1, 0.15) is 11.3 Å². The zero-order valence-electron chi connectivity index (χ0n) is 14.8. The molecule has 7 nitrogen and oxygen atoms in total. The first-order valence-corrected chi connectivity index (χ1v) is 9.53. The maximum Gasteiger partial charge on any atom is 0.433 e. The monoisotopic (exact) mass is 456 g/mol. The quantitative estimate of drug-likeness (QED) is 0.636. The Bertz CT molecular complexity index is 1050. The smallest absolute Gasteiger partial charge is 0.346 e. The number of aryl methyl sites for hydroxylation is 1. The largest absolute Gasteiger partial charge is 0.433 e. The van der Waals surface area contributed by atoms with E-state index >= 15 is 0 Å². The summed E-state index contributed by atoms with van der Waals surface area (Å²) < 4.78 is 43.5. The topological polar surface area (TPSA) is 77.1 Å². The van der Waals surface area contributed by atoms with Gasteiger partial charge in [0, 0.05) is 18.2 Å². The molecule has 4 rings (SSSR count). The van der Waals surface area contributed by atoms with Gasteiger partial charge in [-0.3, -0.25) is 9.48 Å². The highest BCUT2D eigenvalue weighted by atomic mass is 79.9. The number of carbonyl (C=O) groups is 1. The third-order valence-corrected chi connectivity index (χ3v) is 5.30. The molecule has 0 unspecified atom stereocenters. The minimum atomic E-state index is -4.59. The molecule has 0 aromatic carbocycles. The van der Waals surface area contributed by atoms with E-state index in [1.807, 2.05) is 6.92 Å². The van der Waals surface area contributed by atoms with Crippen LogP contribution >= 0.6 is 15.9 Å². The highest BCUT2D eigenvalue weighted by molar-refractivity contribution is 9.10. The Labute approximate surface area is 166 Å². The average Bonchev–Trinajstić information content (AvgIpc) is 3.31. The Kier molecular flexibility index (Phi) is 4.64. The third-order valence-electron chi connectivity index (χ3n) is 4.64. The van der Waals surface area contributed by atoms with Crippen LogP contribution in [0.25, 0.3) is 5.65 Å². The van der Waals surface area contributed by atoms with E-state index < -0.39 is 17.8 Å². The van der Waals surface area contributed by atoms with Crippen molar-refractivity contribution >= 4 is 27.5 Å². The second-order valence-corrected chi connectivity index (χ2v) is 7.42. The maximum absolute atomic E-state index is 13.4. The molecule has 0 atom stereocenters. The molecule has 1 fully saturated rings. The van der Waals surface area contributed by atoms with E-state index in [0.717, 1.165) is 35.3 Å². The van der Waals surface area contributed by atoms with Crippen molar-refractivity contribution in [3.05, 3.63) is 45.6 Å². The highest BCUT2D eigenvalue weighted by Gasteiger charge is 2.38. The van der Waals surface area contributed by atoms with Crippen molar-refractivity contribution < 1.29 is 18.0 Å². The molecular weight excluding hydrogens is 441 g/mol. The van der Waals surface area contributed by atoms with Crippen molar-refractivity contribution in [2.45, 2.75) is 44.9 Å². The number of nitrogens with zero attached hydrogens (tertiary/aromatic N) is 5. The van der Waals surface area contributed by atoms with Gasteiger partial charge < -0.3 is 5.32 Å². The van der Waals surface area contributed by atoms with Crippen molar-refractivity contribution in [1.29, 1.82) is 0 Å². The number of aromatic nitrogens is 5. The SMILES string of the molecule is CCn1ncc(Br)c1CNC(=O)c1cnn2c(C(F)(F)F)cc(C3CC3)nc12. The number of nitrogens with one attached hydrogen (secondary N) is 1. The van der Waals surface area contributed by atoms with Crippen LogP contribution in [0.3, 0.4) is 0 Å². The number of carbonyl (C=O) groups excluding carboxylic acids is 1. The summed E-state index contributed by atoms with van der Waals surface area (Å²) in [6.07, 6.45) is -0.255. The summed E-state index contributed by atoms with van der Waals surface area (Å²) in [5, 5.41) is 10.6. The van der Waals surface area contributed by atoms with Gasteiger partial charge in [-0.2, -0.15) is 23.4 Å². The van der Waals surface area contributed by atoms with Crippen LogP contribution in [0.2, 0.25) is 0 Å². The van der Waals surface area contributed by atoms with Crippen LogP contribution in [0.4, 0.5) is 13.2 Å². The molecule has 28 heavy (non-hydrogen) atoms. The lowest BCUT2D eigenvalue weighted by atomic mass is 10.2. The summed E-state index contributed by atoms with van der Waals surface area (Å²) in [5.41, 5.74) is 0.102. The molecule has 1 amide bonds. The molecule has 1 aliphatic rings. The predicted molar refractivity (Wildman–Crippen MR) is 96.7 cm³/mol. The molecule has 3 aromatic heterocycles. The van der Waals surface area contributed by atoms with Crippen molar-refractivity contribution in [1.82, 2.24) is 29.7 Å². The van der Waals surface area contributed by atoms with Gasteiger partial charge in [0.2, 0.25) is 0 Å². The van der Waals surface area contributed by atoms with E-state index in [-0.39, 0.29) is 23.7 Å². The Morgan fingerprint density at radius 3 is 2.71 bits per heavy atom. The fraction of sp³-hybridized carbons (Fsp3) is 0.412. The number of alkyl halides is 3. The number of amides is 1. The second kappa shape index (κ2) is 6.87. The summed E-state index contributed by atoms with van der Waals surface area (Å²) in [5.74, 6) is -0.536. The van der Waals surface area contributed by atoms with E-state index in [2.05, 4.69) is 36.4 Å². The minimum Gasteiger partial charge on any atom is -0.346 e. The van der Waals surface area contributed by atoms with Crippen LogP contribution in [-0.2, 0) is 19.3 Å². The lowest BCUT2D eigenvalue weighted by Gasteiger charge is -2.11. The molecule has 1 saturated carbocycles. The highest BCUT2D eigenvalue weighted by Crippen LogP contribution is 2.41. The molecule has 148 valence electrons. The molecule has 11 heteroatoms. The van der Waals surface area contributed by atoms with Crippen LogP contribution < -0.4 is 5.32 Å². The van der Waals surface area contributed by atoms with Crippen molar-refractivity contribution in [3.63, 3.8) is 0 Å². The van der Waals surface area contributed by atoms with Gasteiger partial charge in [-0.05, 0) is 41.8 Å². The maximum atomic E-state index is 13.4. The standard InChI is InChI=1S/C17H16BrF3N6O/c1-2-26-13(11(18)7-23-26)8-22-16(28)10-6-24-27-14(17(19,20)21)5-12(9-3-4-9)25-15(10)27/h5-7,9H,2-4,8H2,1H3,(H,22,28). The fourth-order valence-corrected chi connectivity index (χ4v) is 3.46. The Morgan fingerprint density at radius 2 is 2.07 bits per heavy atom. The molecular formula is C17H16BrF3N6O. The van der Waals surface area contributed by atoms with E-state index in [0.29, 0.717) is 16.8 Å². The molecule has 1 N–H and O–H groups in total. The Morgan fingerprint density at radius 1 is 1.32 bits per heavy atom. The molecule has 3 heterocycles. The van der Waals surface area contributed by atoms with E-state index in [1.165, 1.54) is 0 Å². The number of halogens is 4. The number of hydrogen-bond acceptors (Lipinski definition) is 4. The first-order chi connectivity index (χ1) is 13.3. The summed E-state index contributed by atoms with van der Waals surface area (Å²) in [4.78, 5) is 17.0. The van der Waals surface area contributed by atoms with Gasteiger partial charge in [0.05, 0.1) is 29.1 Å². The fourth-order valence-electron chi connectivity index (χ4n) is 3.03.